The second-order valence-corrected chi connectivity index (χ2v) is 5.83. The van der Waals surface area contributed by atoms with E-state index in [-0.39, 0.29) is 11.8 Å². The topological polar surface area (TPSA) is 58.2 Å². The van der Waals surface area contributed by atoms with Crippen molar-refractivity contribution in [1.29, 1.82) is 0 Å². The molecule has 0 heterocycles. The molecule has 2 rings (SSSR count). The van der Waals surface area contributed by atoms with Crippen LogP contribution >= 0.6 is 11.6 Å². The Bertz CT molecular complexity index is 657. The molecule has 0 radical (unpaired) electrons. The van der Waals surface area contributed by atoms with E-state index in [4.69, 9.17) is 11.6 Å². The molecule has 2 aromatic rings. The Labute approximate surface area is 147 Å². The first-order valence-corrected chi connectivity index (χ1v) is 8.50. The van der Waals surface area contributed by atoms with Gasteiger partial charge in [0, 0.05) is 30.1 Å². The quantitative estimate of drug-likeness (QED) is 0.704. The van der Waals surface area contributed by atoms with Gasteiger partial charge in [-0.25, -0.2) is 0 Å². The van der Waals surface area contributed by atoms with E-state index in [1.807, 2.05) is 30.3 Å². The molecule has 24 heavy (non-hydrogen) atoms. The molecule has 0 aliphatic carbocycles. The third kappa shape index (κ3) is 6.42. The van der Waals surface area contributed by atoms with Crippen molar-refractivity contribution in [2.75, 3.05) is 16.5 Å². The van der Waals surface area contributed by atoms with Gasteiger partial charge in [-0.15, -0.1) is 11.6 Å². The maximum Gasteiger partial charge on any atom is 0.224 e. The van der Waals surface area contributed by atoms with E-state index in [0.29, 0.717) is 42.9 Å². The fourth-order valence-corrected chi connectivity index (χ4v) is 2.35. The van der Waals surface area contributed by atoms with Crippen molar-refractivity contribution in [3.05, 3.63) is 60.2 Å². The first kappa shape index (κ1) is 18.0. The van der Waals surface area contributed by atoms with Gasteiger partial charge in [-0.2, -0.15) is 0 Å². The summed E-state index contributed by atoms with van der Waals surface area (Å²) in [4.78, 5) is 23.6. The van der Waals surface area contributed by atoms with Crippen LogP contribution in [0.5, 0.6) is 0 Å². The number of rotatable bonds is 8. The first-order valence-electron chi connectivity index (χ1n) is 7.97. The number of alkyl halides is 1. The van der Waals surface area contributed by atoms with Crippen molar-refractivity contribution in [2.45, 2.75) is 25.7 Å². The standard InChI is InChI=1S/C19H21ClN2O2/c20-14-4-7-18(23)21-16-9-11-17(12-10-16)22-19(24)13-8-15-5-2-1-3-6-15/h1-3,5-6,9-12H,4,7-8,13-14H2,(H,21,23)(H,22,24). The van der Waals surface area contributed by atoms with Crippen molar-refractivity contribution in [3.63, 3.8) is 0 Å². The Hall–Kier alpha value is -2.33. The van der Waals surface area contributed by atoms with Crippen molar-refractivity contribution in [2.24, 2.45) is 0 Å². The average Bonchev–Trinajstić information content (AvgIpc) is 2.61. The molecule has 2 aromatic carbocycles. The molecule has 0 spiro atoms. The van der Waals surface area contributed by atoms with Gasteiger partial charge in [0.2, 0.25) is 11.8 Å². The number of carbonyl (C=O) groups is 2. The van der Waals surface area contributed by atoms with E-state index in [9.17, 15) is 9.59 Å². The summed E-state index contributed by atoms with van der Waals surface area (Å²) in [5.74, 6) is 0.384. The SMILES string of the molecule is O=C(CCCCl)Nc1ccc(NC(=O)CCc2ccccc2)cc1. The highest BCUT2D eigenvalue weighted by molar-refractivity contribution is 6.18. The molecular weight excluding hydrogens is 324 g/mol. The lowest BCUT2D eigenvalue weighted by Crippen LogP contribution is -2.13. The highest BCUT2D eigenvalue weighted by Crippen LogP contribution is 2.14. The molecule has 2 amide bonds. The fourth-order valence-electron chi connectivity index (χ4n) is 2.21. The van der Waals surface area contributed by atoms with Crippen LogP contribution in [0.15, 0.2) is 54.6 Å². The molecule has 126 valence electrons. The van der Waals surface area contributed by atoms with Gasteiger partial charge in [0.25, 0.3) is 0 Å². The molecule has 0 aliphatic heterocycles. The maximum atomic E-state index is 12.0. The van der Waals surface area contributed by atoms with Crippen molar-refractivity contribution < 1.29 is 9.59 Å². The summed E-state index contributed by atoms with van der Waals surface area (Å²) >= 11 is 5.56. The van der Waals surface area contributed by atoms with Gasteiger partial charge < -0.3 is 10.6 Å². The van der Waals surface area contributed by atoms with E-state index >= 15 is 0 Å². The molecule has 0 unspecified atom stereocenters. The predicted octanol–water partition coefficient (Wildman–Crippen LogP) is 4.22. The van der Waals surface area contributed by atoms with Gasteiger partial charge in [0.05, 0.1) is 0 Å². The van der Waals surface area contributed by atoms with Crippen LogP contribution in [-0.4, -0.2) is 17.7 Å². The van der Waals surface area contributed by atoms with E-state index < -0.39 is 0 Å². The van der Waals surface area contributed by atoms with Gasteiger partial charge >= 0.3 is 0 Å². The molecule has 0 atom stereocenters. The number of halogens is 1. The Kier molecular flexibility index (Phi) is 7.30. The molecule has 5 heteroatoms. The minimum Gasteiger partial charge on any atom is -0.326 e. The first-order chi connectivity index (χ1) is 11.7. The Morgan fingerprint density at radius 3 is 1.88 bits per heavy atom. The van der Waals surface area contributed by atoms with Crippen LogP contribution in [0.25, 0.3) is 0 Å². The lowest BCUT2D eigenvalue weighted by molar-refractivity contribution is -0.117. The number of carbonyl (C=O) groups excluding carboxylic acids is 2. The minimum absolute atomic E-state index is 0.0299. The number of hydrogen-bond acceptors (Lipinski definition) is 2. The zero-order valence-corrected chi connectivity index (χ0v) is 14.2. The third-order valence-corrected chi connectivity index (χ3v) is 3.74. The highest BCUT2D eigenvalue weighted by atomic mass is 35.5. The van der Waals surface area contributed by atoms with Gasteiger partial charge in [0.1, 0.15) is 0 Å². The highest BCUT2D eigenvalue weighted by Gasteiger charge is 2.05. The van der Waals surface area contributed by atoms with Crippen molar-refractivity contribution in [3.8, 4) is 0 Å². The molecule has 2 N–H and O–H groups in total. The smallest absolute Gasteiger partial charge is 0.224 e. The molecule has 4 nitrogen and oxygen atoms in total. The summed E-state index contributed by atoms with van der Waals surface area (Å²) in [5.41, 5.74) is 2.56. The van der Waals surface area contributed by atoms with Gasteiger partial charge in [0.15, 0.2) is 0 Å². The zero-order valence-electron chi connectivity index (χ0n) is 13.4. The fraction of sp³-hybridized carbons (Fsp3) is 0.263. The van der Waals surface area contributed by atoms with E-state index in [2.05, 4.69) is 10.6 Å². The summed E-state index contributed by atoms with van der Waals surface area (Å²) < 4.78 is 0. The van der Waals surface area contributed by atoms with E-state index in [1.54, 1.807) is 24.3 Å². The largest absolute Gasteiger partial charge is 0.326 e. The number of anilines is 2. The maximum absolute atomic E-state index is 12.0. The third-order valence-electron chi connectivity index (χ3n) is 3.47. The van der Waals surface area contributed by atoms with Crippen molar-refractivity contribution >= 4 is 34.8 Å². The average molecular weight is 345 g/mol. The van der Waals surface area contributed by atoms with Crippen molar-refractivity contribution in [1.82, 2.24) is 0 Å². The minimum atomic E-state index is -0.0599. The zero-order chi connectivity index (χ0) is 17.2. The molecule has 0 fully saturated rings. The van der Waals surface area contributed by atoms with Crippen LogP contribution in [0, 0.1) is 0 Å². The van der Waals surface area contributed by atoms with Crippen LogP contribution in [0.1, 0.15) is 24.8 Å². The van der Waals surface area contributed by atoms with Crippen LogP contribution in [0.3, 0.4) is 0 Å². The molecule has 0 saturated carbocycles. The summed E-state index contributed by atoms with van der Waals surface area (Å²) in [6, 6.07) is 17.0. The molecular formula is C19H21ClN2O2. The lowest BCUT2D eigenvalue weighted by Gasteiger charge is -2.08. The summed E-state index contributed by atoms with van der Waals surface area (Å²) in [6.07, 6.45) is 2.20. The Morgan fingerprint density at radius 1 is 0.792 bits per heavy atom. The normalized spacial score (nSPS) is 10.2. The van der Waals surface area contributed by atoms with Crippen LogP contribution < -0.4 is 10.6 Å². The lowest BCUT2D eigenvalue weighted by atomic mass is 10.1. The van der Waals surface area contributed by atoms with Crippen LogP contribution in [0.4, 0.5) is 11.4 Å². The van der Waals surface area contributed by atoms with Crippen LogP contribution in [0.2, 0.25) is 0 Å². The number of nitrogens with one attached hydrogen (secondary N) is 2. The monoisotopic (exact) mass is 344 g/mol. The van der Waals surface area contributed by atoms with Gasteiger partial charge in [-0.3, -0.25) is 9.59 Å². The van der Waals surface area contributed by atoms with Crippen LogP contribution in [-0.2, 0) is 16.0 Å². The summed E-state index contributed by atoms with van der Waals surface area (Å²) in [7, 11) is 0. The van der Waals surface area contributed by atoms with E-state index in [1.165, 1.54) is 0 Å². The molecule has 0 aliphatic rings. The predicted molar refractivity (Wildman–Crippen MR) is 98.4 cm³/mol. The Balaban J connectivity index is 1.78. The number of hydrogen-bond donors (Lipinski definition) is 2. The Morgan fingerprint density at radius 2 is 1.33 bits per heavy atom. The summed E-state index contributed by atoms with van der Waals surface area (Å²) in [6.45, 7) is 0. The van der Waals surface area contributed by atoms with Gasteiger partial charge in [-0.1, -0.05) is 30.3 Å². The second kappa shape index (κ2) is 9.73. The molecule has 0 bridgehead atoms. The molecule has 0 aromatic heterocycles. The number of benzene rings is 2. The molecule has 0 saturated heterocycles. The second-order valence-electron chi connectivity index (χ2n) is 5.45. The number of amides is 2. The van der Waals surface area contributed by atoms with Gasteiger partial charge in [-0.05, 0) is 42.7 Å². The van der Waals surface area contributed by atoms with E-state index in [0.717, 1.165) is 5.56 Å². The summed E-state index contributed by atoms with van der Waals surface area (Å²) in [5, 5.41) is 5.65. The number of aryl methyl sites for hydroxylation is 1.